The van der Waals surface area contributed by atoms with Gasteiger partial charge in [0.25, 0.3) is 10.0 Å². The number of rotatable bonds is 11. The van der Waals surface area contributed by atoms with Gasteiger partial charge in [-0.25, -0.2) is 21.6 Å². The molecule has 0 heterocycles. The zero-order valence-corrected chi connectivity index (χ0v) is 23.0. The van der Waals surface area contributed by atoms with Crippen LogP contribution in [-0.4, -0.2) is 32.8 Å². The van der Waals surface area contributed by atoms with Crippen molar-refractivity contribution in [1.82, 2.24) is 4.90 Å². The third kappa shape index (κ3) is 6.88. The normalized spacial score (nSPS) is 12.3. The summed E-state index contributed by atoms with van der Waals surface area (Å²) in [5.41, 5.74) is 0.248. The van der Waals surface area contributed by atoms with Crippen LogP contribution >= 0.6 is 11.6 Å². The van der Waals surface area contributed by atoms with Gasteiger partial charge in [-0.05, 0) is 79.4 Å². The minimum Gasteiger partial charge on any atom is -0.346 e. The molecule has 38 heavy (non-hydrogen) atoms. The van der Waals surface area contributed by atoms with Crippen molar-refractivity contribution in [3.63, 3.8) is 0 Å². The van der Waals surface area contributed by atoms with Crippen molar-refractivity contribution in [1.29, 1.82) is 0 Å². The molecule has 0 N–H and O–H groups in total. The number of carbonyl (C=O) groups excluding carboxylic acids is 1. The molecule has 0 unspecified atom stereocenters. The second-order valence-corrected chi connectivity index (χ2v) is 11.3. The third-order valence-corrected chi connectivity index (χ3v) is 8.45. The van der Waals surface area contributed by atoms with Crippen LogP contribution in [0.3, 0.4) is 0 Å². The lowest BCUT2D eigenvalue weighted by molar-refractivity contribution is -0.129. The molecule has 0 aromatic heterocycles. The van der Waals surface area contributed by atoms with Gasteiger partial charge in [-0.3, -0.25) is 9.10 Å². The summed E-state index contributed by atoms with van der Waals surface area (Å²) in [5, 5.41) is 0.301. The number of halogens is 4. The molecule has 10 heteroatoms. The van der Waals surface area contributed by atoms with Crippen molar-refractivity contribution in [3.8, 4) is 0 Å². The van der Waals surface area contributed by atoms with Crippen molar-refractivity contribution < 1.29 is 26.4 Å². The van der Waals surface area contributed by atoms with Crippen LogP contribution in [0.4, 0.5) is 18.9 Å². The van der Waals surface area contributed by atoms with Crippen molar-refractivity contribution in [2.75, 3.05) is 17.9 Å². The Bertz CT molecular complexity index is 1380. The number of sulfonamides is 1. The average molecular weight is 567 g/mol. The average Bonchev–Trinajstić information content (AvgIpc) is 2.88. The minimum atomic E-state index is -4.44. The predicted molar refractivity (Wildman–Crippen MR) is 143 cm³/mol. The van der Waals surface area contributed by atoms with Gasteiger partial charge in [0.1, 0.15) is 17.5 Å². The Balaban J connectivity index is 2.07. The van der Waals surface area contributed by atoms with Crippen molar-refractivity contribution in [2.45, 2.75) is 50.5 Å². The first-order valence-corrected chi connectivity index (χ1v) is 14.0. The summed E-state index contributed by atoms with van der Waals surface area (Å²) in [6.45, 7) is 4.11. The molecule has 1 atom stereocenters. The highest BCUT2D eigenvalue weighted by atomic mass is 35.5. The van der Waals surface area contributed by atoms with Gasteiger partial charge in [-0.1, -0.05) is 31.0 Å². The monoisotopic (exact) mass is 566 g/mol. The van der Waals surface area contributed by atoms with Crippen LogP contribution in [0.1, 0.15) is 50.3 Å². The zero-order chi connectivity index (χ0) is 28.0. The summed E-state index contributed by atoms with van der Waals surface area (Å²) < 4.78 is 71.9. The summed E-state index contributed by atoms with van der Waals surface area (Å²) in [6, 6.07) is 10.5. The fourth-order valence-corrected chi connectivity index (χ4v) is 5.96. The fraction of sp³-hybridized carbons (Fsp3) is 0.321. The Kier molecular flexibility index (Phi) is 9.84. The molecule has 0 radical (unpaired) electrons. The highest BCUT2D eigenvalue weighted by Gasteiger charge is 2.34. The topological polar surface area (TPSA) is 57.7 Å². The van der Waals surface area contributed by atoms with Crippen LogP contribution in [0.15, 0.2) is 65.6 Å². The fourth-order valence-electron chi connectivity index (χ4n) is 4.20. The highest BCUT2D eigenvalue weighted by molar-refractivity contribution is 7.92. The van der Waals surface area contributed by atoms with E-state index in [1.165, 1.54) is 49.4 Å². The maximum atomic E-state index is 15.0. The molecule has 3 aromatic carbocycles. The van der Waals surface area contributed by atoms with E-state index in [1.54, 1.807) is 11.9 Å². The summed E-state index contributed by atoms with van der Waals surface area (Å²) in [7, 11) is -2.75. The molecule has 0 spiro atoms. The van der Waals surface area contributed by atoms with Crippen LogP contribution in [0, 0.1) is 17.5 Å². The SMILES string of the molecule is CCCCN(C)C(=O)CCc1cc(F)ccc1[C@@H](C)N(c1cc(F)ccc1F)S(=O)(=O)c1ccc(Cl)cc1. The Morgan fingerprint density at radius 1 is 0.974 bits per heavy atom. The maximum absolute atomic E-state index is 15.0. The number of amides is 1. The van der Waals surface area contributed by atoms with E-state index in [4.69, 9.17) is 11.6 Å². The lowest BCUT2D eigenvalue weighted by Crippen LogP contribution is -2.35. The summed E-state index contributed by atoms with van der Waals surface area (Å²) in [4.78, 5) is 14.0. The first kappa shape index (κ1) is 29.5. The summed E-state index contributed by atoms with van der Waals surface area (Å²) in [6.07, 6.45) is 1.98. The Morgan fingerprint density at radius 3 is 2.26 bits per heavy atom. The molecule has 0 aliphatic carbocycles. The van der Waals surface area contributed by atoms with E-state index >= 15 is 4.39 Å². The van der Waals surface area contributed by atoms with Crippen LogP contribution < -0.4 is 4.31 Å². The number of unbranched alkanes of at least 4 members (excludes halogenated alkanes) is 1. The van der Waals surface area contributed by atoms with Crippen LogP contribution in [-0.2, 0) is 21.2 Å². The summed E-state index contributed by atoms with van der Waals surface area (Å²) in [5.74, 6) is -2.48. The lowest BCUT2D eigenvalue weighted by Gasteiger charge is -2.32. The Hall–Kier alpha value is -3.04. The first-order valence-electron chi connectivity index (χ1n) is 12.2. The van der Waals surface area contributed by atoms with E-state index in [9.17, 15) is 22.0 Å². The molecule has 3 aromatic rings. The van der Waals surface area contributed by atoms with Gasteiger partial charge < -0.3 is 4.90 Å². The number of hydrogen-bond donors (Lipinski definition) is 0. The molecule has 0 aliphatic heterocycles. The van der Waals surface area contributed by atoms with E-state index < -0.39 is 39.2 Å². The molecule has 0 aliphatic rings. The zero-order valence-electron chi connectivity index (χ0n) is 21.4. The van der Waals surface area contributed by atoms with E-state index in [0.717, 1.165) is 35.3 Å². The molecule has 0 bridgehead atoms. The van der Waals surface area contributed by atoms with Gasteiger partial charge in [-0.2, -0.15) is 0 Å². The first-order chi connectivity index (χ1) is 17.9. The highest BCUT2D eigenvalue weighted by Crippen LogP contribution is 2.37. The Morgan fingerprint density at radius 2 is 1.61 bits per heavy atom. The Labute approximate surface area is 226 Å². The molecule has 204 valence electrons. The molecular weight excluding hydrogens is 537 g/mol. The smallest absolute Gasteiger partial charge is 0.264 e. The quantitative estimate of drug-likeness (QED) is 0.253. The standard InChI is InChI=1S/C28H30ClF3N2O3S/c1-4-5-16-33(3)28(35)15-6-20-17-22(30)9-13-25(20)19(2)34(27-18-23(31)10-14-26(27)32)38(36,37)24-11-7-21(29)8-12-24/h7-14,17-19H,4-6,15-16H2,1-3H3/t19-/m1/s1. The third-order valence-electron chi connectivity index (χ3n) is 6.30. The number of aryl methyl sites for hydroxylation is 1. The van der Waals surface area contributed by atoms with Gasteiger partial charge in [0.2, 0.25) is 5.91 Å². The molecule has 0 saturated carbocycles. The van der Waals surface area contributed by atoms with E-state index in [-0.39, 0.29) is 23.6 Å². The maximum Gasteiger partial charge on any atom is 0.264 e. The van der Waals surface area contributed by atoms with E-state index in [1.807, 2.05) is 6.92 Å². The van der Waals surface area contributed by atoms with E-state index in [2.05, 4.69) is 0 Å². The van der Waals surface area contributed by atoms with Gasteiger partial charge in [0.15, 0.2) is 0 Å². The van der Waals surface area contributed by atoms with Gasteiger partial charge >= 0.3 is 0 Å². The molecule has 3 rings (SSSR count). The second-order valence-electron chi connectivity index (χ2n) is 9.04. The number of hydrogen-bond acceptors (Lipinski definition) is 3. The number of nitrogens with zero attached hydrogens (tertiary/aromatic N) is 2. The van der Waals surface area contributed by atoms with Gasteiger partial charge in [-0.15, -0.1) is 0 Å². The predicted octanol–water partition coefficient (Wildman–Crippen LogP) is 6.90. The lowest BCUT2D eigenvalue weighted by atomic mass is 9.97. The number of anilines is 1. The van der Waals surface area contributed by atoms with Gasteiger partial charge in [0.05, 0.1) is 16.6 Å². The van der Waals surface area contributed by atoms with Crippen LogP contribution in [0.5, 0.6) is 0 Å². The molecule has 1 amide bonds. The largest absolute Gasteiger partial charge is 0.346 e. The van der Waals surface area contributed by atoms with Crippen LogP contribution in [0.2, 0.25) is 5.02 Å². The van der Waals surface area contributed by atoms with Crippen molar-refractivity contribution in [3.05, 3.63) is 94.3 Å². The minimum absolute atomic E-state index is 0.0711. The molecule has 5 nitrogen and oxygen atoms in total. The molecular formula is C28H30ClF3N2O3S. The number of carbonyl (C=O) groups is 1. The molecule has 0 fully saturated rings. The van der Waals surface area contributed by atoms with Crippen LogP contribution in [0.25, 0.3) is 0 Å². The van der Waals surface area contributed by atoms with E-state index in [0.29, 0.717) is 22.7 Å². The summed E-state index contributed by atoms with van der Waals surface area (Å²) >= 11 is 5.92. The molecule has 0 saturated heterocycles. The van der Waals surface area contributed by atoms with Crippen molar-refractivity contribution >= 4 is 33.2 Å². The number of benzene rings is 3. The van der Waals surface area contributed by atoms with Gasteiger partial charge in [0, 0.05) is 31.1 Å². The second kappa shape index (κ2) is 12.7. The van der Waals surface area contributed by atoms with Crippen molar-refractivity contribution in [2.24, 2.45) is 0 Å².